The van der Waals surface area contributed by atoms with Crippen LogP contribution in [0.25, 0.3) is 0 Å². The molecule has 2 aliphatic rings. The lowest BCUT2D eigenvalue weighted by Gasteiger charge is -2.22. The zero-order valence-electron chi connectivity index (χ0n) is 18.6. The third-order valence-corrected chi connectivity index (χ3v) is 6.98. The summed E-state index contributed by atoms with van der Waals surface area (Å²) < 4.78 is 5.20. The fourth-order valence-corrected chi connectivity index (χ4v) is 5.31. The van der Waals surface area contributed by atoms with E-state index >= 15 is 0 Å². The molecule has 0 saturated carbocycles. The van der Waals surface area contributed by atoms with Gasteiger partial charge in [0, 0.05) is 4.88 Å². The Kier molecular flexibility index (Phi) is 7.03. The Balaban J connectivity index is 1.74. The number of esters is 1. The number of amides is 4. The van der Waals surface area contributed by atoms with Gasteiger partial charge < -0.3 is 15.4 Å². The lowest BCUT2D eigenvalue weighted by Crippen LogP contribution is -2.44. The highest BCUT2D eigenvalue weighted by atomic mass is 32.1. The molecule has 2 heterocycles. The van der Waals surface area contributed by atoms with Gasteiger partial charge in [0.25, 0.3) is 5.91 Å². The molecule has 0 radical (unpaired) electrons. The van der Waals surface area contributed by atoms with Crippen LogP contribution in [0.5, 0.6) is 0 Å². The number of hydrogen-bond donors (Lipinski definition) is 2. The van der Waals surface area contributed by atoms with Gasteiger partial charge in [-0.05, 0) is 63.9 Å². The number of aryl methyl sites for hydroxylation is 1. The quantitative estimate of drug-likeness (QED) is 0.467. The minimum Gasteiger partial charge on any atom is -0.462 e. The van der Waals surface area contributed by atoms with Crippen LogP contribution in [0.1, 0.15) is 74.2 Å². The van der Waals surface area contributed by atoms with E-state index in [-0.39, 0.29) is 6.61 Å². The molecule has 8 nitrogen and oxygen atoms in total. The highest BCUT2D eigenvalue weighted by Crippen LogP contribution is 2.38. The number of fused-ring (bicyclic) bond motifs is 1. The second kappa shape index (κ2) is 9.38. The second-order valence-corrected chi connectivity index (χ2v) is 9.87. The van der Waals surface area contributed by atoms with Crippen LogP contribution < -0.4 is 10.6 Å². The Morgan fingerprint density at radius 2 is 1.97 bits per heavy atom. The lowest BCUT2D eigenvalue weighted by molar-refractivity contribution is -0.133. The molecule has 0 spiro atoms. The zero-order valence-corrected chi connectivity index (χ0v) is 19.4. The van der Waals surface area contributed by atoms with E-state index in [1.165, 1.54) is 11.3 Å². The van der Waals surface area contributed by atoms with Gasteiger partial charge in [0.2, 0.25) is 5.91 Å². The summed E-state index contributed by atoms with van der Waals surface area (Å²) in [6, 6.07) is -0.567. The van der Waals surface area contributed by atoms with Gasteiger partial charge >= 0.3 is 12.0 Å². The molecule has 1 saturated heterocycles. The summed E-state index contributed by atoms with van der Waals surface area (Å²) in [6.45, 7) is 7.39. The number of carbonyl (C=O) groups is 4. The second-order valence-electron chi connectivity index (χ2n) is 8.77. The molecular formula is C22H31N3O5S. The minimum atomic E-state index is -1.00. The van der Waals surface area contributed by atoms with Gasteiger partial charge in [0.05, 0.1) is 12.2 Å². The maximum absolute atomic E-state index is 12.8. The molecule has 31 heavy (non-hydrogen) atoms. The first kappa shape index (κ1) is 23.2. The van der Waals surface area contributed by atoms with Crippen LogP contribution in [0.15, 0.2) is 0 Å². The molecule has 1 atom stereocenters. The molecule has 170 valence electrons. The van der Waals surface area contributed by atoms with Crippen molar-refractivity contribution in [1.82, 2.24) is 10.2 Å². The van der Waals surface area contributed by atoms with Crippen molar-refractivity contribution in [3.05, 3.63) is 16.0 Å². The van der Waals surface area contributed by atoms with E-state index < -0.39 is 35.9 Å². The summed E-state index contributed by atoms with van der Waals surface area (Å²) in [5, 5.41) is 5.92. The molecule has 1 aromatic heterocycles. The molecule has 4 amide bonds. The molecule has 0 aromatic carbocycles. The van der Waals surface area contributed by atoms with E-state index in [1.807, 2.05) is 0 Å². The number of ether oxygens (including phenoxy) is 1. The predicted molar refractivity (Wildman–Crippen MR) is 118 cm³/mol. The number of anilines is 1. The van der Waals surface area contributed by atoms with E-state index in [1.54, 1.807) is 13.8 Å². The third kappa shape index (κ3) is 4.92. The number of thiophene rings is 1. The van der Waals surface area contributed by atoms with Crippen molar-refractivity contribution in [2.45, 2.75) is 71.8 Å². The van der Waals surface area contributed by atoms with E-state index in [4.69, 9.17) is 4.74 Å². The highest BCUT2D eigenvalue weighted by Gasteiger charge is 2.48. The smallest absolute Gasteiger partial charge is 0.341 e. The van der Waals surface area contributed by atoms with Gasteiger partial charge in [-0.25, -0.2) is 9.59 Å². The first-order chi connectivity index (χ1) is 14.7. The molecule has 1 aromatic rings. The summed E-state index contributed by atoms with van der Waals surface area (Å²) in [7, 11) is 0. The fraction of sp³-hybridized carbons (Fsp3) is 0.636. The minimum absolute atomic E-state index is 0.244. The molecule has 1 aliphatic heterocycles. The van der Waals surface area contributed by atoms with E-state index in [0.29, 0.717) is 22.9 Å². The molecule has 1 aliphatic carbocycles. The van der Waals surface area contributed by atoms with Crippen molar-refractivity contribution >= 4 is 40.2 Å². The van der Waals surface area contributed by atoms with Crippen LogP contribution >= 0.6 is 11.3 Å². The standard InChI is InChI=1S/C22H31N3O5S/c1-5-30-19(27)17-14-8-6-7-9-15(14)31-18(17)23-16(26)12-25-20(28)22(4,24-21(25)29)11-10-13(2)3/h13H,5-12H2,1-4H3,(H,23,26)(H,24,29)/t22-/m1/s1. The molecule has 9 heteroatoms. The number of nitrogens with one attached hydrogen (secondary N) is 2. The molecule has 0 unspecified atom stereocenters. The molecular weight excluding hydrogens is 418 g/mol. The average Bonchev–Trinajstić information content (AvgIpc) is 3.16. The van der Waals surface area contributed by atoms with Gasteiger partial charge in [0.1, 0.15) is 17.1 Å². The SMILES string of the molecule is CCOC(=O)c1c(NC(=O)CN2C(=O)N[C@](C)(CCC(C)C)C2=O)sc2c1CCCC2. The molecule has 1 fully saturated rings. The Morgan fingerprint density at radius 1 is 1.26 bits per heavy atom. The Morgan fingerprint density at radius 3 is 2.65 bits per heavy atom. The Hall–Kier alpha value is -2.42. The van der Waals surface area contributed by atoms with Gasteiger partial charge in [-0.15, -0.1) is 11.3 Å². The number of rotatable bonds is 8. The van der Waals surface area contributed by atoms with E-state index in [0.717, 1.165) is 47.4 Å². The number of carbonyl (C=O) groups excluding carboxylic acids is 4. The first-order valence-corrected chi connectivity index (χ1v) is 11.7. The zero-order chi connectivity index (χ0) is 22.8. The van der Waals surface area contributed by atoms with E-state index in [9.17, 15) is 19.2 Å². The topological polar surface area (TPSA) is 105 Å². The summed E-state index contributed by atoms with van der Waals surface area (Å²) >= 11 is 1.38. The van der Waals surface area contributed by atoms with Gasteiger partial charge in [-0.1, -0.05) is 13.8 Å². The summed E-state index contributed by atoms with van der Waals surface area (Å²) in [6.07, 6.45) is 4.96. The highest BCUT2D eigenvalue weighted by molar-refractivity contribution is 7.17. The molecule has 0 bridgehead atoms. The average molecular weight is 450 g/mol. The summed E-state index contributed by atoms with van der Waals surface area (Å²) in [4.78, 5) is 52.6. The number of hydrogen-bond acceptors (Lipinski definition) is 6. The van der Waals surface area contributed by atoms with Crippen molar-refractivity contribution in [2.75, 3.05) is 18.5 Å². The normalized spacial score (nSPS) is 20.6. The van der Waals surface area contributed by atoms with Crippen LogP contribution in [-0.2, 0) is 27.2 Å². The van der Waals surface area contributed by atoms with Crippen molar-refractivity contribution in [3.63, 3.8) is 0 Å². The Bertz CT molecular complexity index is 894. The van der Waals surface area contributed by atoms with Crippen molar-refractivity contribution in [3.8, 4) is 0 Å². The lowest BCUT2D eigenvalue weighted by atomic mass is 9.92. The van der Waals surface area contributed by atoms with Crippen molar-refractivity contribution < 1.29 is 23.9 Å². The van der Waals surface area contributed by atoms with Crippen LogP contribution in [0.4, 0.5) is 9.80 Å². The van der Waals surface area contributed by atoms with Crippen molar-refractivity contribution in [1.29, 1.82) is 0 Å². The number of imide groups is 1. The first-order valence-electron chi connectivity index (χ1n) is 10.9. The van der Waals surface area contributed by atoms with Crippen LogP contribution in [-0.4, -0.2) is 47.4 Å². The van der Waals surface area contributed by atoms with E-state index in [2.05, 4.69) is 24.5 Å². The Labute approximate surface area is 186 Å². The van der Waals surface area contributed by atoms with Crippen LogP contribution in [0.3, 0.4) is 0 Å². The maximum Gasteiger partial charge on any atom is 0.341 e. The van der Waals surface area contributed by atoms with Crippen molar-refractivity contribution in [2.24, 2.45) is 5.92 Å². The van der Waals surface area contributed by atoms with Crippen LogP contribution in [0.2, 0.25) is 0 Å². The van der Waals surface area contributed by atoms with Crippen LogP contribution in [0, 0.1) is 5.92 Å². The fourth-order valence-electron chi connectivity index (χ4n) is 4.02. The summed E-state index contributed by atoms with van der Waals surface area (Å²) in [5.74, 6) is -0.969. The summed E-state index contributed by atoms with van der Waals surface area (Å²) in [5.41, 5.74) is 0.356. The number of urea groups is 1. The molecule has 2 N–H and O–H groups in total. The predicted octanol–water partition coefficient (Wildman–Crippen LogP) is 3.49. The maximum atomic E-state index is 12.8. The van der Waals surface area contributed by atoms with Gasteiger partial charge in [0.15, 0.2) is 0 Å². The number of nitrogens with zero attached hydrogens (tertiary/aromatic N) is 1. The molecule has 3 rings (SSSR count). The third-order valence-electron chi connectivity index (χ3n) is 5.77. The monoisotopic (exact) mass is 449 g/mol. The largest absolute Gasteiger partial charge is 0.462 e. The van der Waals surface area contributed by atoms with Gasteiger partial charge in [-0.2, -0.15) is 0 Å². The van der Waals surface area contributed by atoms with Gasteiger partial charge in [-0.3, -0.25) is 14.5 Å².